The van der Waals surface area contributed by atoms with Crippen molar-refractivity contribution in [2.45, 2.75) is 31.7 Å². The van der Waals surface area contributed by atoms with E-state index in [-0.39, 0.29) is 24.3 Å². The fourth-order valence-corrected chi connectivity index (χ4v) is 4.11. The summed E-state index contributed by atoms with van der Waals surface area (Å²) in [7, 11) is 0. The molecule has 21 heavy (non-hydrogen) atoms. The van der Waals surface area contributed by atoms with Crippen molar-refractivity contribution in [3.05, 3.63) is 34.9 Å². The number of carboxylic acids is 1. The number of rotatable bonds is 4. The molecule has 0 radical (unpaired) electrons. The van der Waals surface area contributed by atoms with E-state index in [0.717, 1.165) is 24.8 Å². The SMILES string of the molecule is O=C(Cc1ccccc1Cl)NC1C2CCC(C2)C1C(=O)O. The molecule has 2 bridgehead atoms. The number of benzene rings is 1. The summed E-state index contributed by atoms with van der Waals surface area (Å²) >= 11 is 6.05. The Balaban J connectivity index is 1.67. The zero-order valence-corrected chi connectivity index (χ0v) is 12.3. The van der Waals surface area contributed by atoms with Gasteiger partial charge in [-0.1, -0.05) is 29.8 Å². The minimum atomic E-state index is -0.787. The summed E-state index contributed by atoms with van der Waals surface area (Å²) in [4.78, 5) is 23.6. The van der Waals surface area contributed by atoms with Crippen LogP contribution in [0.15, 0.2) is 24.3 Å². The molecule has 4 atom stereocenters. The molecule has 4 unspecified atom stereocenters. The van der Waals surface area contributed by atoms with E-state index >= 15 is 0 Å². The van der Waals surface area contributed by atoms with Gasteiger partial charge in [-0.2, -0.15) is 0 Å². The summed E-state index contributed by atoms with van der Waals surface area (Å²) in [5, 5.41) is 12.9. The smallest absolute Gasteiger partial charge is 0.308 e. The minimum Gasteiger partial charge on any atom is -0.481 e. The number of nitrogens with one attached hydrogen (secondary N) is 1. The average molecular weight is 308 g/mol. The Morgan fingerprint density at radius 2 is 1.95 bits per heavy atom. The molecular formula is C16H18ClNO3. The Hall–Kier alpha value is -1.55. The summed E-state index contributed by atoms with van der Waals surface area (Å²) < 4.78 is 0. The number of amides is 1. The van der Waals surface area contributed by atoms with E-state index in [1.54, 1.807) is 6.07 Å². The maximum absolute atomic E-state index is 12.2. The van der Waals surface area contributed by atoms with Crippen molar-refractivity contribution in [3.8, 4) is 0 Å². The maximum Gasteiger partial charge on any atom is 0.308 e. The van der Waals surface area contributed by atoms with Crippen molar-refractivity contribution in [2.75, 3.05) is 0 Å². The zero-order valence-electron chi connectivity index (χ0n) is 11.6. The number of carbonyl (C=O) groups excluding carboxylic acids is 1. The van der Waals surface area contributed by atoms with Gasteiger partial charge in [0, 0.05) is 11.1 Å². The lowest BCUT2D eigenvalue weighted by Crippen LogP contribution is -2.47. The maximum atomic E-state index is 12.2. The van der Waals surface area contributed by atoms with E-state index < -0.39 is 11.9 Å². The number of hydrogen-bond acceptors (Lipinski definition) is 2. The Kier molecular flexibility index (Phi) is 3.89. The quantitative estimate of drug-likeness (QED) is 0.898. The van der Waals surface area contributed by atoms with Gasteiger partial charge in [0.05, 0.1) is 12.3 Å². The molecule has 1 amide bonds. The Morgan fingerprint density at radius 3 is 2.67 bits per heavy atom. The first kappa shape index (κ1) is 14.4. The second kappa shape index (κ2) is 5.68. The van der Waals surface area contributed by atoms with Gasteiger partial charge in [0.2, 0.25) is 5.91 Å². The van der Waals surface area contributed by atoms with Crippen molar-refractivity contribution in [2.24, 2.45) is 17.8 Å². The van der Waals surface area contributed by atoms with Gasteiger partial charge in [0.1, 0.15) is 0 Å². The van der Waals surface area contributed by atoms with E-state index in [1.165, 1.54) is 0 Å². The van der Waals surface area contributed by atoms with Gasteiger partial charge in [-0.3, -0.25) is 9.59 Å². The zero-order chi connectivity index (χ0) is 15.0. The molecule has 4 nitrogen and oxygen atoms in total. The molecule has 2 fully saturated rings. The molecule has 1 aromatic carbocycles. The number of aliphatic carboxylic acids is 1. The van der Waals surface area contributed by atoms with Crippen LogP contribution in [-0.2, 0) is 16.0 Å². The van der Waals surface area contributed by atoms with E-state index in [9.17, 15) is 14.7 Å². The predicted molar refractivity (Wildman–Crippen MR) is 79.0 cm³/mol. The van der Waals surface area contributed by atoms with Crippen LogP contribution in [0.2, 0.25) is 5.02 Å². The molecule has 5 heteroatoms. The van der Waals surface area contributed by atoms with Gasteiger partial charge in [-0.15, -0.1) is 0 Å². The van der Waals surface area contributed by atoms with E-state index in [1.807, 2.05) is 18.2 Å². The lowest BCUT2D eigenvalue weighted by atomic mass is 9.84. The number of carboxylic acid groups (broad SMARTS) is 1. The molecule has 112 valence electrons. The summed E-state index contributed by atoms with van der Waals surface area (Å²) in [6, 6.07) is 7.00. The lowest BCUT2D eigenvalue weighted by molar-refractivity contribution is -0.144. The van der Waals surface area contributed by atoms with Gasteiger partial charge < -0.3 is 10.4 Å². The Morgan fingerprint density at radius 1 is 1.24 bits per heavy atom. The molecule has 1 aromatic rings. The van der Waals surface area contributed by atoms with Crippen LogP contribution in [0.5, 0.6) is 0 Å². The number of carbonyl (C=O) groups is 2. The highest BCUT2D eigenvalue weighted by atomic mass is 35.5. The first-order valence-corrected chi connectivity index (χ1v) is 7.69. The number of halogens is 1. The summed E-state index contributed by atoms with van der Waals surface area (Å²) in [6.45, 7) is 0. The minimum absolute atomic E-state index is 0.146. The van der Waals surface area contributed by atoms with Crippen LogP contribution >= 0.6 is 11.6 Å². The molecule has 2 aliphatic carbocycles. The topological polar surface area (TPSA) is 66.4 Å². The Bertz CT molecular complexity index is 574. The molecule has 2 saturated carbocycles. The molecule has 0 saturated heterocycles. The molecular weight excluding hydrogens is 290 g/mol. The fourth-order valence-electron chi connectivity index (χ4n) is 3.91. The second-order valence-corrected chi connectivity index (χ2v) is 6.47. The Labute approximate surface area is 128 Å². The van der Waals surface area contributed by atoms with E-state index in [4.69, 9.17) is 11.6 Å². The van der Waals surface area contributed by atoms with Crippen molar-refractivity contribution in [1.29, 1.82) is 0 Å². The van der Waals surface area contributed by atoms with E-state index in [0.29, 0.717) is 10.9 Å². The highest BCUT2D eigenvalue weighted by Crippen LogP contribution is 2.48. The molecule has 3 rings (SSSR count). The predicted octanol–water partition coefficient (Wildman–Crippen LogP) is 2.50. The van der Waals surface area contributed by atoms with E-state index in [2.05, 4.69) is 5.32 Å². The van der Waals surface area contributed by atoms with Gasteiger partial charge in [0.25, 0.3) is 0 Å². The average Bonchev–Trinajstić information content (AvgIpc) is 3.02. The van der Waals surface area contributed by atoms with Crippen LogP contribution in [0.3, 0.4) is 0 Å². The van der Waals surface area contributed by atoms with Gasteiger partial charge >= 0.3 is 5.97 Å². The monoisotopic (exact) mass is 307 g/mol. The second-order valence-electron chi connectivity index (χ2n) is 6.06. The molecule has 0 heterocycles. The van der Waals surface area contributed by atoms with Crippen molar-refractivity contribution in [1.82, 2.24) is 5.32 Å². The van der Waals surface area contributed by atoms with Crippen LogP contribution in [0.4, 0.5) is 0 Å². The normalized spacial score (nSPS) is 30.3. The highest BCUT2D eigenvalue weighted by Gasteiger charge is 2.51. The third-order valence-electron chi connectivity index (χ3n) is 4.84. The standard InChI is InChI=1S/C16H18ClNO3/c17-12-4-2-1-3-9(12)8-13(19)18-15-11-6-5-10(7-11)14(15)16(20)21/h1-4,10-11,14-15H,5-8H2,(H,18,19)(H,20,21). The first-order chi connectivity index (χ1) is 10.1. The number of hydrogen-bond donors (Lipinski definition) is 2. The third kappa shape index (κ3) is 2.77. The summed E-state index contributed by atoms with van der Waals surface area (Å²) in [6.07, 6.45) is 3.11. The highest BCUT2D eigenvalue weighted by molar-refractivity contribution is 6.31. The summed E-state index contributed by atoms with van der Waals surface area (Å²) in [5.74, 6) is -0.833. The van der Waals surface area contributed by atoms with Crippen molar-refractivity contribution < 1.29 is 14.7 Å². The van der Waals surface area contributed by atoms with Crippen LogP contribution in [0, 0.1) is 17.8 Å². The van der Waals surface area contributed by atoms with Crippen LogP contribution < -0.4 is 5.32 Å². The molecule has 0 aromatic heterocycles. The molecule has 2 aliphatic rings. The van der Waals surface area contributed by atoms with Crippen LogP contribution in [0.25, 0.3) is 0 Å². The fraction of sp³-hybridized carbons (Fsp3) is 0.500. The molecule has 0 spiro atoms. The van der Waals surface area contributed by atoms with Crippen LogP contribution in [-0.4, -0.2) is 23.0 Å². The first-order valence-electron chi connectivity index (χ1n) is 7.32. The molecule has 0 aliphatic heterocycles. The van der Waals surface area contributed by atoms with Gasteiger partial charge in [-0.05, 0) is 42.7 Å². The van der Waals surface area contributed by atoms with Crippen LogP contribution in [0.1, 0.15) is 24.8 Å². The van der Waals surface area contributed by atoms with Crippen molar-refractivity contribution in [3.63, 3.8) is 0 Å². The number of fused-ring (bicyclic) bond motifs is 2. The van der Waals surface area contributed by atoms with Gasteiger partial charge in [0.15, 0.2) is 0 Å². The largest absolute Gasteiger partial charge is 0.481 e. The third-order valence-corrected chi connectivity index (χ3v) is 5.21. The van der Waals surface area contributed by atoms with Crippen molar-refractivity contribution >= 4 is 23.5 Å². The lowest BCUT2D eigenvalue weighted by Gasteiger charge is -2.28. The summed E-state index contributed by atoms with van der Waals surface area (Å²) in [5.41, 5.74) is 0.770. The molecule has 2 N–H and O–H groups in total. The van der Waals surface area contributed by atoms with Gasteiger partial charge in [-0.25, -0.2) is 0 Å².